The average Bonchev–Trinajstić information content (AvgIpc) is 2.12. The van der Waals surface area contributed by atoms with Crippen LogP contribution in [0.1, 0.15) is 13.3 Å². The third kappa shape index (κ3) is 1.81. The van der Waals surface area contributed by atoms with Crippen LogP contribution in [0.25, 0.3) is 0 Å². The third-order valence-corrected chi connectivity index (χ3v) is 2.06. The summed E-state index contributed by atoms with van der Waals surface area (Å²) in [5.74, 6) is 2.16. The molecule has 1 N–H and O–H groups in total. The van der Waals surface area contributed by atoms with Gasteiger partial charge in [-0.2, -0.15) is 0 Å². The lowest BCUT2D eigenvalue weighted by Crippen LogP contribution is -2.58. The third-order valence-electron chi connectivity index (χ3n) is 2.06. The van der Waals surface area contributed by atoms with Crippen LogP contribution in [0.2, 0.25) is 0 Å². The monoisotopic (exact) mass is 180 g/mol. The molecule has 4 nitrogen and oxygen atoms in total. The fourth-order valence-corrected chi connectivity index (χ4v) is 1.40. The summed E-state index contributed by atoms with van der Waals surface area (Å²) in [7, 11) is 0. The second kappa shape index (κ2) is 3.94. The summed E-state index contributed by atoms with van der Waals surface area (Å²) < 4.78 is 0. The van der Waals surface area contributed by atoms with Crippen molar-refractivity contribution >= 4 is 11.8 Å². The van der Waals surface area contributed by atoms with Gasteiger partial charge in [0.05, 0.1) is 13.1 Å². The van der Waals surface area contributed by atoms with Crippen molar-refractivity contribution in [3.05, 3.63) is 0 Å². The van der Waals surface area contributed by atoms with Crippen molar-refractivity contribution < 1.29 is 9.59 Å². The quantitative estimate of drug-likeness (QED) is 0.574. The molecule has 0 aliphatic carbocycles. The molecule has 0 aromatic rings. The maximum Gasteiger partial charge on any atom is 0.243 e. The minimum Gasteiger partial charge on any atom is -0.345 e. The van der Waals surface area contributed by atoms with Gasteiger partial charge in [0.25, 0.3) is 0 Å². The molecule has 13 heavy (non-hydrogen) atoms. The number of hydrogen-bond donors (Lipinski definition) is 1. The molecule has 0 aromatic heterocycles. The van der Waals surface area contributed by atoms with Gasteiger partial charge in [-0.3, -0.25) is 9.59 Å². The molecule has 1 fully saturated rings. The normalized spacial score (nSPS) is 22.5. The number of hydrogen-bond acceptors (Lipinski definition) is 2. The zero-order valence-corrected chi connectivity index (χ0v) is 7.54. The van der Waals surface area contributed by atoms with Gasteiger partial charge >= 0.3 is 0 Å². The smallest absolute Gasteiger partial charge is 0.243 e. The molecule has 1 unspecified atom stereocenters. The lowest BCUT2D eigenvalue weighted by atomic mass is 10.1. The number of rotatable bonds is 2. The van der Waals surface area contributed by atoms with Gasteiger partial charge in [0.2, 0.25) is 11.8 Å². The first-order chi connectivity index (χ1) is 6.20. The van der Waals surface area contributed by atoms with Crippen LogP contribution in [0.5, 0.6) is 0 Å². The Morgan fingerprint density at radius 3 is 2.92 bits per heavy atom. The zero-order valence-electron chi connectivity index (χ0n) is 7.54. The second-order valence-electron chi connectivity index (χ2n) is 2.87. The van der Waals surface area contributed by atoms with Crippen molar-refractivity contribution in [2.75, 3.05) is 13.1 Å². The lowest BCUT2D eigenvalue weighted by molar-refractivity contribution is -0.144. The number of carbonyl (C=O) groups is 2. The Morgan fingerprint density at radius 2 is 2.38 bits per heavy atom. The van der Waals surface area contributed by atoms with Crippen LogP contribution in [0.4, 0.5) is 0 Å². The minimum absolute atomic E-state index is 0.0665. The van der Waals surface area contributed by atoms with E-state index in [4.69, 9.17) is 6.42 Å². The number of piperazine rings is 1. The molecule has 70 valence electrons. The molecule has 1 rings (SSSR count). The minimum atomic E-state index is -0.391. The molecule has 4 heteroatoms. The van der Waals surface area contributed by atoms with Crippen molar-refractivity contribution in [3.8, 4) is 12.3 Å². The summed E-state index contributed by atoms with van der Waals surface area (Å²) >= 11 is 0. The summed E-state index contributed by atoms with van der Waals surface area (Å²) in [6.45, 7) is 2.13. The van der Waals surface area contributed by atoms with Crippen LogP contribution in [0.3, 0.4) is 0 Å². The Balaban J connectivity index is 2.78. The molecule has 0 saturated carbocycles. The number of amides is 2. The predicted octanol–water partition coefficient (Wildman–Crippen LogP) is -0.643. The SMILES string of the molecule is C#CCN1C(=O)CNC(=O)C1CC. The lowest BCUT2D eigenvalue weighted by Gasteiger charge is -2.32. The van der Waals surface area contributed by atoms with E-state index in [9.17, 15) is 9.59 Å². The van der Waals surface area contributed by atoms with Crippen LogP contribution < -0.4 is 5.32 Å². The highest BCUT2D eigenvalue weighted by atomic mass is 16.2. The fourth-order valence-electron chi connectivity index (χ4n) is 1.40. The summed E-state index contributed by atoms with van der Waals surface area (Å²) in [4.78, 5) is 24.0. The van der Waals surface area contributed by atoms with E-state index >= 15 is 0 Å². The molecule has 1 saturated heterocycles. The van der Waals surface area contributed by atoms with Crippen LogP contribution in [-0.2, 0) is 9.59 Å². The molecule has 1 heterocycles. The first-order valence-corrected chi connectivity index (χ1v) is 4.21. The fraction of sp³-hybridized carbons (Fsp3) is 0.556. The maximum absolute atomic E-state index is 11.3. The number of carbonyl (C=O) groups excluding carboxylic acids is 2. The van der Waals surface area contributed by atoms with Crippen LogP contribution in [0, 0.1) is 12.3 Å². The molecular weight excluding hydrogens is 168 g/mol. The average molecular weight is 180 g/mol. The summed E-state index contributed by atoms with van der Waals surface area (Å²) in [5, 5.41) is 2.52. The summed E-state index contributed by atoms with van der Waals surface area (Å²) in [6.07, 6.45) is 5.70. The van der Waals surface area contributed by atoms with Gasteiger partial charge in [-0.25, -0.2) is 0 Å². The van der Waals surface area contributed by atoms with Crippen molar-refractivity contribution in [2.24, 2.45) is 0 Å². The Morgan fingerprint density at radius 1 is 1.69 bits per heavy atom. The highest BCUT2D eigenvalue weighted by Crippen LogP contribution is 2.08. The number of nitrogens with one attached hydrogen (secondary N) is 1. The molecule has 0 radical (unpaired) electrons. The van der Waals surface area contributed by atoms with E-state index in [0.29, 0.717) is 6.42 Å². The van der Waals surface area contributed by atoms with Gasteiger partial charge in [-0.05, 0) is 6.42 Å². The summed E-state index contributed by atoms with van der Waals surface area (Å²) in [6, 6.07) is -0.391. The zero-order chi connectivity index (χ0) is 9.84. The van der Waals surface area contributed by atoms with E-state index in [2.05, 4.69) is 11.2 Å². The van der Waals surface area contributed by atoms with E-state index < -0.39 is 6.04 Å². The van der Waals surface area contributed by atoms with E-state index in [0.717, 1.165) is 0 Å². The van der Waals surface area contributed by atoms with E-state index in [1.54, 1.807) is 0 Å². The van der Waals surface area contributed by atoms with Gasteiger partial charge in [0.15, 0.2) is 0 Å². The number of nitrogens with zero attached hydrogens (tertiary/aromatic N) is 1. The molecule has 0 spiro atoms. The van der Waals surface area contributed by atoms with Gasteiger partial charge < -0.3 is 10.2 Å². The van der Waals surface area contributed by atoms with Crippen LogP contribution in [0.15, 0.2) is 0 Å². The van der Waals surface area contributed by atoms with Crippen LogP contribution in [-0.4, -0.2) is 35.8 Å². The van der Waals surface area contributed by atoms with Crippen molar-refractivity contribution in [3.63, 3.8) is 0 Å². The Kier molecular flexibility index (Phi) is 2.91. The molecular formula is C9H12N2O2. The molecule has 0 bridgehead atoms. The van der Waals surface area contributed by atoms with Gasteiger partial charge in [-0.15, -0.1) is 6.42 Å². The molecule has 2 amide bonds. The highest BCUT2D eigenvalue weighted by molar-refractivity contribution is 5.94. The van der Waals surface area contributed by atoms with Crippen molar-refractivity contribution in [1.29, 1.82) is 0 Å². The van der Waals surface area contributed by atoms with E-state index in [-0.39, 0.29) is 24.9 Å². The number of terminal acetylenes is 1. The van der Waals surface area contributed by atoms with Crippen molar-refractivity contribution in [1.82, 2.24) is 10.2 Å². The first kappa shape index (κ1) is 9.59. The standard InChI is InChI=1S/C9H12N2O2/c1-3-5-11-7(4-2)9(13)10-6-8(11)12/h1,7H,4-6H2,2H3,(H,10,13). The Hall–Kier alpha value is -1.50. The van der Waals surface area contributed by atoms with Gasteiger partial charge in [0.1, 0.15) is 6.04 Å². The van der Waals surface area contributed by atoms with E-state index in [1.165, 1.54) is 4.90 Å². The van der Waals surface area contributed by atoms with E-state index in [1.807, 2.05) is 6.92 Å². The highest BCUT2D eigenvalue weighted by Gasteiger charge is 2.32. The molecule has 0 aromatic carbocycles. The topological polar surface area (TPSA) is 49.4 Å². The van der Waals surface area contributed by atoms with Crippen LogP contribution >= 0.6 is 0 Å². The predicted molar refractivity (Wildman–Crippen MR) is 47.6 cm³/mol. The molecule has 1 aliphatic rings. The second-order valence-corrected chi connectivity index (χ2v) is 2.87. The summed E-state index contributed by atoms with van der Waals surface area (Å²) in [5.41, 5.74) is 0. The van der Waals surface area contributed by atoms with Crippen molar-refractivity contribution in [2.45, 2.75) is 19.4 Å². The van der Waals surface area contributed by atoms with Gasteiger partial charge in [-0.1, -0.05) is 12.8 Å². The maximum atomic E-state index is 11.3. The Bertz CT molecular complexity index is 267. The first-order valence-electron chi connectivity index (χ1n) is 4.21. The Labute approximate surface area is 77.3 Å². The molecule has 1 atom stereocenters. The largest absolute Gasteiger partial charge is 0.345 e. The molecule has 1 aliphatic heterocycles. The van der Waals surface area contributed by atoms with Gasteiger partial charge in [0, 0.05) is 0 Å².